The molecule has 30 heavy (non-hydrogen) atoms. The molecule has 12 heteroatoms. The van der Waals surface area contributed by atoms with E-state index in [1.165, 1.54) is 6.33 Å². The normalized spacial score (nSPS) is 21.5. The zero-order chi connectivity index (χ0) is 21.7. The number of rotatable bonds is 5. The minimum Gasteiger partial charge on any atom is -0.486 e. The number of aromatic amines is 1. The highest BCUT2D eigenvalue weighted by molar-refractivity contribution is 7.91. The zero-order valence-electron chi connectivity index (χ0n) is 17.2. The van der Waals surface area contributed by atoms with Crippen LogP contribution >= 0.6 is 0 Å². The van der Waals surface area contributed by atoms with E-state index >= 15 is 0 Å². The Labute approximate surface area is 174 Å². The van der Waals surface area contributed by atoms with Crippen molar-refractivity contribution < 1.29 is 22.7 Å². The Morgan fingerprint density at radius 1 is 1.30 bits per heavy atom. The lowest BCUT2D eigenvalue weighted by Gasteiger charge is -2.45. The van der Waals surface area contributed by atoms with E-state index in [1.54, 1.807) is 13.8 Å². The van der Waals surface area contributed by atoms with Crippen LogP contribution in [0.3, 0.4) is 0 Å². The topological polar surface area (TPSA) is 140 Å². The first-order valence-electron chi connectivity index (χ1n) is 9.58. The van der Waals surface area contributed by atoms with E-state index < -0.39 is 20.4 Å². The highest BCUT2D eigenvalue weighted by Gasteiger charge is 2.44. The van der Waals surface area contributed by atoms with Gasteiger partial charge in [0.15, 0.2) is 27.2 Å². The number of carbonyl (C=O) groups excluding carboxylic acids is 1. The van der Waals surface area contributed by atoms with Crippen LogP contribution in [0, 0.1) is 0 Å². The number of aromatic nitrogens is 5. The van der Waals surface area contributed by atoms with Crippen molar-refractivity contribution in [1.29, 1.82) is 0 Å². The number of sulfone groups is 1. The van der Waals surface area contributed by atoms with Crippen molar-refractivity contribution in [2.75, 3.05) is 31.0 Å². The van der Waals surface area contributed by atoms with Crippen LogP contribution in [-0.2, 0) is 25.7 Å². The summed E-state index contributed by atoms with van der Waals surface area (Å²) in [6.07, 6.45) is 2.36. The molecule has 4 rings (SSSR count). The Balaban J connectivity index is 1.87. The van der Waals surface area contributed by atoms with Gasteiger partial charge in [0.2, 0.25) is 5.78 Å². The van der Waals surface area contributed by atoms with E-state index in [-0.39, 0.29) is 30.0 Å². The molecule has 2 aliphatic rings. The van der Waals surface area contributed by atoms with Crippen LogP contribution < -0.4 is 9.64 Å². The number of hydrogen-bond donors (Lipinski definition) is 1. The lowest BCUT2D eigenvalue weighted by Crippen LogP contribution is -2.56. The third-order valence-electron chi connectivity index (χ3n) is 5.59. The maximum absolute atomic E-state index is 12.9. The molecule has 0 radical (unpaired) electrons. The Kier molecular flexibility index (Phi) is 5.01. The summed E-state index contributed by atoms with van der Waals surface area (Å²) in [4.78, 5) is 27.8. The highest BCUT2D eigenvalue weighted by Crippen LogP contribution is 2.43. The second-order valence-corrected chi connectivity index (χ2v) is 10.7. The Bertz CT molecular complexity index is 1070. The standard InChI is InChI=1S/C18H24N6O5S/c1-10-6-28-7-11-8-29-14-15(18(2,3)30(4,26)27)21-16(22-17(14)24(10)11)12(25)5-13-19-9-20-23-13/h9-11H,5-8H2,1-4H3,(H,19,20,23)/t10-,11+/m1/s1. The number of carbonyl (C=O) groups is 1. The summed E-state index contributed by atoms with van der Waals surface area (Å²) in [6, 6.07) is -0.102. The minimum absolute atomic E-state index is 0.0206. The maximum atomic E-state index is 12.9. The molecular formula is C18H24N6O5S. The summed E-state index contributed by atoms with van der Waals surface area (Å²) in [6.45, 7) is 6.35. The van der Waals surface area contributed by atoms with Gasteiger partial charge in [-0.1, -0.05) is 0 Å². The number of morpholine rings is 1. The third kappa shape index (κ3) is 3.43. The second-order valence-electron chi connectivity index (χ2n) is 8.12. The van der Waals surface area contributed by atoms with Gasteiger partial charge in [0.25, 0.3) is 0 Å². The average molecular weight is 436 g/mol. The molecule has 4 heterocycles. The van der Waals surface area contributed by atoms with Crippen LogP contribution in [0.5, 0.6) is 5.75 Å². The molecule has 2 aromatic rings. The Morgan fingerprint density at radius 2 is 2.07 bits per heavy atom. The predicted molar refractivity (Wildman–Crippen MR) is 106 cm³/mol. The fourth-order valence-electron chi connectivity index (χ4n) is 3.59. The quantitative estimate of drug-likeness (QED) is 0.650. The summed E-state index contributed by atoms with van der Waals surface area (Å²) in [5.74, 6) is 0.610. The number of ketones is 1. The Morgan fingerprint density at radius 3 is 2.73 bits per heavy atom. The molecule has 2 aromatic heterocycles. The molecular weight excluding hydrogens is 412 g/mol. The van der Waals surface area contributed by atoms with E-state index in [1.807, 2.05) is 11.8 Å². The number of Topliss-reactive ketones (excluding diaryl/α,β-unsaturated/α-hetero) is 1. The van der Waals surface area contributed by atoms with Crippen LogP contribution in [0.15, 0.2) is 6.33 Å². The molecule has 0 bridgehead atoms. The van der Waals surface area contributed by atoms with Gasteiger partial charge in [0, 0.05) is 6.26 Å². The number of fused-ring (bicyclic) bond motifs is 3. The van der Waals surface area contributed by atoms with Crippen molar-refractivity contribution in [1.82, 2.24) is 25.1 Å². The number of nitrogens with zero attached hydrogens (tertiary/aromatic N) is 5. The molecule has 0 spiro atoms. The first kappa shape index (κ1) is 20.7. The van der Waals surface area contributed by atoms with Crippen molar-refractivity contribution in [3.05, 3.63) is 23.7 Å². The van der Waals surface area contributed by atoms with Crippen LogP contribution in [0.2, 0.25) is 0 Å². The predicted octanol–water partition coefficient (Wildman–Crippen LogP) is 0.286. The number of hydrogen-bond acceptors (Lipinski definition) is 10. The van der Waals surface area contributed by atoms with Gasteiger partial charge < -0.3 is 14.4 Å². The molecule has 0 aliphatic carbocycles. The van der Waals surface area contributed by atoms with Crippen LogP contribution in [0.4, 0.5) is 5.82 Å². The lowest BCUT2D eigenvalue weighted by atomic mass is 10.0. The van der Waals surface area contributed by atoms with Crippen LogP contribution in [0.1, 0.15) is 42.9 Å². The molecule has 1 saturated heterocycles. The van der Waals surface area contributed by atoms with Gasteiger partial charge in [0.05, 0.1) is 31.7 Å². The van der Waals surface area contributed by atoms with E-state index in [4.69, 9.17) is 9.47 Å². The number of nitrogens with one attached hydrogen (secondary N) is 1. The van der Waals surface area contributed by atoms with Gasteiger partial charge in [-0.05, 0) is 20.8 Å². The summed E-state index contributed by atoms with van der Waals surface area (Å²) in [5.41, 5.74) is 0.174. The van der Waals surface area contributed by atoms with E-state index in [0.717, 1.165) is 6.26 Å². The molecule has 0 aromatic carbocycles. The minimum atomic E-state index is -3.58. The van der Waals surface area contributed by atoms with Crippen molar-refractivity contribution in [3.63, 3.8) is 0 Å². The third-order valence-corrected chi connectivity index (χ3v) is 7.64. The van der Waals surface area contributed by atoms with E-state index in [9.17, 15) is 13.2 Å². The van der Waals surface area contributed by atoms with Gasteiger partial charge in [-0.2, -0.15) is 5.10 Å². The molecule has 0 unspecified atom stereocenters. The lowest BCUT2D eigenvalue weighted by molar-refractivity contribution is 0.0481. The Hall–Kier alpha value is -2.60. The van der Waals surface area contributed by atoms with Crippen molar-refractivity contribution in [2.24, 2.45) is 0 Å². The molecule has 0 amide bonds. The molecule has 11 nitrogen and oxygen atoms in total. The summed E-state index contributed by atoms with van der Waals surface area (Å²) in [7, 11) is -3.58. The second kappa shape index (κ2) is 7.27. The van der Waals surface area contributed by atoms with Crippen LogP contribution in [-0.4, -0.2) is 77.5 Å². The van der Waals surface area contributed by atoms with Gasteiger partial charge >= 0.3 is 0 Å². The van der Waals surface area contributed by atoms with Gasteiger partial charge in [-0.3, -0.25) is 9.89 Å². The average Bonchev–Trinajstić information content (AvgIpc) is 3.19. The number of ether oxygens (including phenoxy) is 2. The smallest absolute Gasteiger partial charge is 0.207 e. The maximum Gasteiger partial charge on any atom is 0.207 e. The molecule has 2 aliphatic heterocycles. The first-order valence-corrected chi connectivity index (χ1v) is 11.5. The van der Waals surface area contributed by atoms with Crippen molar-refractivity contribution in [2.45, 2.75) is 44.0 Å². The fourth-order valence-corrected chi connectivity index (χ4v) is 4.08. The molecule has 162 valence electrons. The summed E-state index contributed by atoms with van der Waals surface area (Å²) in [5, 5.41) is 6.38. The molecule has 0 saturated carbocycles. The van der Waals surface area contributed by atoms with Gasteiger partial charge in [-0.15, -0.1) is 0 Å². The first-order chi connectivity index (χ1) is 14.1. The highest BCUT2D eigenvalue weighted by atomic mass is 32.2. The molecule has 1 fully saturated rings. The zero-order valence-corrected chi connectivity index (χ0v) is 18.1. The van der Waals surface area contributed by atoms with E-state index in [0.29, 0.717) is 37.2 Å². The van der Waals surface area contributed by atoms with Crippen molar-refractivity contribution >= 4 is 21.4 Å². The van der Waals surface area contributed by atoms with Crippen molar-refractivity contribution in [3.8, 4) is 5.75 Å². The van der Waals surface area contributed by atoms with Gasteiger partial charge in [0.1, 0.15) is 29.2 Å². The summed E-state index contributed by atoms with van der Waals surface area (Å²) < 4.78 is 35.3. The van der Waals surface area contributed by atoms with E-state index in [2.05, 4.69) is 25.1 Å². The molecule has 2 atom stereocenters. The monoisotopic (exact) mass is 436 g/mol. The van der Waals surface area contributed by atoms with Gasteiger partial charge in [-0.25, -0.2) is 23.4 Å². The number of H-pyrrole nitrogens is 1. The van der Waals surface area contributed by atoms with Crippen LogP contribution in [0.25, 0.3) is 0 Å². The SMILES string of the molecule is C[C@@H]1COC[C@H]2COc3c(nc(C(=O)Cc4ncn[nH]4)nc3C(C)(C)S(C)(=O)=O)N21. The largest absolute Gasteiger partial charge is 0.486 e. The fraction of sp³-hybridized carbons (Fsp3) is 0.611. The number of anilines is 1. The summed E-state index contributed by atoms with van der Waals surface area (Å²) >= 11 is 0. The molecule has 1 N–H and O–H groups in total.